The maximum Gasteiger partial charge on any atom is 0.338 e. The number of rotatable bonds is 4. The van der Waals surface area contributed by atoms with Crippen LogP contribution in [0.15, 0.2) is 70.5 Å². The Labute approximate surface area is 190 Å². The third kappa shape index (κ3) is 3.72. The minimum atomic E-state index is -3.98. The van der Waals surface area contributed by atoms with Gasteiger partial charge in [0.1, 0.15) is 0 Å². The summed E-state index contributed by atoms with van der Waals surface area (Å²) in [5.74, 6) is -1.79. The maximum atomic E-state index is 13.0. The monoisotopic (exact) mass is 461 g/mol. The predicted molar refractivity (Wildman–Crippen MR) is 119 cm³/mol. The number of amides is 1. The average Bonchev–Trinajstić information content (AvgIpc) is 3.29. The van der Waals surface area contributed by atoms with E-state index in [1.165, 1.54) is 41.5 Å². The summed E-state index contributed by atoms with van der Waals surface area (Å²) < 4.78 is 31.1. The molecule has 166 valence electrons. The number of aryl methyl sites for hydroxylation is 2. The first kappa shape index (κ1) is 21.1. The molecule has 3 aromatic rings. The number of hydrogen-bond donors (Lipinski definition) is 1. The summed E-state index contributed by atoms with van der Waals surface area (Å²) in [6.45, 7) is -0.526. The van der Waals surface area contributed by atoms with Crippen molar-refractivity contribution in [2.24, 2.45) is 0 Å². The minimum Gasteiger partial charge on any atom is -0.452 e. The van der Waals surface area contributed by atoms with Crippen LogP contribution in [0, 0.1) is 0 Å². The van der Waals surface area contributed by atoms with Gasteiger partial charge in [0.05, 0.1) is 15.4 Å². The van der Waals surface area contributed by atoms with Gasteiger partial charge in [0.2, 0.25) is 9.84 Å². The summed E-state index contributed by atoms with van der Waals surface area (Å²) >= 11 is 0. The number of ether oxygens (including phenoxy) is 1. The van der Waals surface area contributed by atoms with Crippen LogP contribution in [0.4, 0.5) is 5.69 Å². The van der Waals surface area contributed by atoms with Gasteiger partial charge < -0.3 is 10.1 Å². The molecule has 1 heterocycles. The SMILES string of the molecule is O=C(COC(=O)c1ccc2c(c1)S(=O)(=O)c1ccccc1C2=O)Nc1ccc2c(c1)CCC2. The third-order valence-corrected chi connectivity index (χ3v) is 7.74. The van der Waals surface area contributed by atoms with Crippen LogP contribution >= 0.6 is 0 Å². The second-order valence-electron chi connectivity index (χ2n) is 8.00. The van der Waals surface area contributed by atoms with E-state index < -0.39 is 34.1 Å². The number of benzene rings is 3. The molecule has 2 aliphatic rings. The second kappa shape index (κ2) is 7.97. The van der Waals surface area contributed by atoms with Gasteiger partial charge in [-0.1, -0.05) is 18.2 Å². The molecule has 1 aliphatic carbocycles. The number of ketones is 1. The topological polar surface area (TPSA) is 107 Å². The zero-order valence-corrected chi connectivity index (χ0v) is 18.3. The molecule has 0 fully saturated rings. The highest BCUT2D eigenvalue weighted by Gasteiger charge is 2.35. The molecule has 0 bridgehead atoms. The Morgan fingerprint density at radius 1 is 0.879 bits per heavy atom. The maximum absolute atomic E-state index is 13.0. The number of anilines is 1. The predicted octanol–water partition coefficient (Wildman–Crippen LogP) is 3.35. The van der Waals surface area contributed by atoms with Crippen molar-refractivity contribution in [1.29, 1.82) is 0 Å². The summed E-state index contributed by atoms with van der Waals surface area (Å²) in [5.41, 5.74) is 3.16. The number of esters is 1. The van der Waals surface area contributed by atoms with E-state index in [4.69, 9.17) is 4.74 Å². The van der Waals surface area contributed by atoms with Crippen LogP contribution < -0.4 is 5.32 Å². The van der Waals surface area contributed by atoms with Gasteiger partial charge in [-0.05, 0) is 72.9 Å². The fourth-order valence-electron chi connectivity index (χ4n) is 4.27. The highest BCUT2D eigenvalue weighted by atomic mass is 32.2. The quantitative estimate of drug-likeness (QED) is 0.467. The third-order valence-electron chi connectivity index (χ3n) is 5.89. The summed E-state index contributed by atoms with van der Waals surface area (Å²) in [6, 6.07) is 15.4. The normalized spacial score (nSPS) is 15.2. The molecule has 8 heteroatoms. The van der Waals surface area contributed by atoms with Crippen molar-refractivity contribution in [3.05, 3.63) is 88.5 Å². The van der Waals surface area contributed by atoms with Crippen molar-refractivity contribution < 1.29 is 27.5 Å². The van der Waals surface area contributed by atoms with Crippen molar-refractivity contribution in [3.63, 3.8) is 0 Å². The summed E-state index contributed by atoms with van der Waals surface area (Å²) in [7, 11) is -3.98. The lowest BCUT2D eigenvalue weighted by Crippen LogP contribution is -2.23. The van der Waals surface area contributed by atoms with Crippen molar-refractivity contribution in [2.45, 2.75) is 29.1 Å². The molecule has 3 aromatic carbocycles. The number of hydrogen-bond acceptors (Lipinski definition) is 6. The zero-order chi connectivity index (χ0) is 23.2. The first-order chi connectivity index (χ1) is 15.8. The lowest BCUT2D eigenvalue weighted by molar-refractivity contribution is -0.119. The van der Waals surface area contributed by atoms with Gasteiger partial charge in [-0.2, -0.15) is 0 Å². The zero-order valence-electron chi connectivity index (χ0n) is 17.5. The van der Waals surface area contributed by atoms with E-state index in [1.807, 2.05) is 18.2 Å². The van der Waals surface area contributed by atoms with Gasteiger partial charge in [0, 0.05) is 16.8 Å². The summed E-state index contributed by atoms with van der Waals surface area (Å²) in [6.07, 6.45) is 3.11. The fourth-order valence-corrected chi connectivity index (χ4v) is 5.95. The van der Waals surface area contributed by atoms with E-state index >= 15 is 0 Å². The van der Waals surface area contributed by atoms with Crippen LogP contribution in [0.5, 0.6) is 0 Å². The molecular formula is C25H19NO6S. The molecular weight excluding hydrogens is 442 g/mol. The van der Waals surface area contributed by atoms with Gasteiger partial charge in [-0.15, -0.1) is 0 Å². The van der Waals surface area contributed by atoms with E-state index in [9.17, 15) is 22.8 Å². The van der Waals surface area contributed by atoms with Gasteiger partial charge in [0.25, 0.3) is 5.91 Å². The Hall–Kier alpha value is -3.78. The Morgan fingerprint density at radius 2 is 1.64 bits per heavy atom. The number of nitrogens with one attached hydrogen (secondary N) is 1. The van der Waals surface area contributed by atoms with Gasteiger partial charge in [-0.25, -0.2) is 13.2 Å². The Bertz CT molecular complexity index is 1440. The largest absolute Gasteiger partial charge is 0.452 e. The van der Waals surface area contributed by atoms with Crippen molar-refractivity contribution in [2.75, 3.05) is 11.9 Å². The molecule has 0 saturated heterocycles. The van der Waals surface area contributed by atoms with Gasteiger partial charge in [-0.3, -0.25) is 9.59 Å². The van der Waals surface area contributed by atoms with E-state index in [0.29, 0.717) is 5.69 Å². The number of sulfone groups is 1. The standard InChI is InChI=1S/C25H19NO6S/c27-23(26-18-10-8-15-4-3-5-16(15)12-18)14-32-25(29)17-9-11-20-22(13-17)33(30,31)21-7-2-1-6-19(21)24(20)28/h1-2,6-13H,3-5,14H2,(H,26,27). The first-order valence-electron chi connectivity index (χ1n) is 10.5. The lowest BCUT2D eigenvalue weighted by Gasteiger charge is -2.19. The fraction of sp³-hybridized carbons (Fsp3) is 0.160. The van der Waals surface area contributed by atoms with Crippen molar-refractivity contribution in [1.82, 2.24) is 0 Å². The van der Waals surface area contributed by atoms with E-state index in [0.717, 1.165) is 25.3 Å². The van der Waals surface area contributed by atoms with Gasteiger partial charge in [0.15, 0.2) is 12.4 Å². The van der Waals surface area contributed by atoms with E-state index in [-0.39, 0.29) is 26.5 Å². The summed E-state index contributed by atoms with van der Waals surface area (Å²) in [4.78, 5) is 37.1. The van der Waals surface area contributed by atoms with E-state index in [1.54, 1.807) is 6.07 Å². The number of carbonyl (C=O) groups is 3. The van der Waals surface area contributed by atoms with E-state index in [2.05, 4.69) is 5.32 Å². The Kier molecular flexibility index (Phi) is 5.09. The molecule has 5 rings (SSSR count). The van der Waals surface area contributed by atoms with Crippen LogP contribution in [0.1, 0.15) is 43.8 Å². The van der Waals surface area contributed by atoms with Crippen LogP contribution in [0.2, 0.25) is 0 Å². The minimum absolute atomic E-state index is 0.000368. The Balaban J connectivity index is 1.30. The highest BCUT2D eigenvalue weighted by molar-refractivity contribution is 7.91. The molecule has 0 atom stereocenters. The number of carbonyl (C=O) groups excluding carboxylic acids is 3. The van der Waals surface area contributed by atoms with Crippen LogP contribution in [-0.4, -0.2) is 32.7 Å². The molecule has 1 N–H and O–H groups in total. The smallest absolute Gasteiger partial charge is 0.338 e. The second-order valence-corrected chi connectivity index (χ2v) is 9.89. The number of fused-ring (bicyclic) bond motifs is 3. The molecule has 0 aromatic heterocycles. The molecule has 7 nitrogen and oxygen atoms in total. The summed E-state index contributed by atoms with van der Waals surface area (Å²) in [5, 5.41) is 2.70. The molecule has 1 amide bonds. The lowest BCUT2D eigenvalue weighted by atomic mass is 10.0. The molecule has 0 radical (unpaired) electrons. The molecule has 0 spiro atoms. The average molecular weight is 461 g/mol. The van der Waals surface area contributed by atoms with Crippen LogP contribution in [0.3, 0.4) is 0 Å². The van der Waals surface area contributed by atoms with Gasteiger partial charge >= 0.3 is 5.97 Å². The first-order valence-corrected chi connectivity index (χ1v) is 11.9. The molecule has 0 saturated carbocycles. The van der Waals surface area contributed by atoms with Crippen molar-refractivity contribution in [3.8, 4) is 0 Å². The molecule has 0 unspecified atom stereocenters. The van der Waals surface area contributed by atoms with Crippen molar-refractivity contribution >= 4 is 33.2 Å². The van der Waals surface area contributed by atoms with Crippen LogP contribution in [-0.2, 0) is 32.2 Å². The molecule has 33 heavy (non-hydrogen) atoms. The highest BCUT2D eigenvalue weighted by Crippen LogP contribution is 2.34. The molecule has 1 aliphatic heterocycles. The van der Waals surface area contributed by atoms with Crippen LogP contribution in [0.25, 0.3) is 0 Å². The Morgan fingerprint density at radius 3 is 2.48 bits per heavy atom.